The van der Waals surface area contributed by atoms with Crippen LogP contribution in [-0.4, -0.2) is 12.6 Å². The molecule has 1 N–H and O–H groups in total. The molecular weight excluding hydrogens is 206 g/mol. The van der Waals surface area contributed by atoms with E-state index in [9.17, 15) is 0 Å². The number of hydrogen-bond acceptors (Lipinski definition) is 1. The molecule has 0 aromatic rings. The van der Waals surface area contributed by atoms with Gasteiger partial charge in [0.05, 0.1) is 0 Å². The van der Waals surface area contributed by atoms with Crippen molar-refractivity contribution in [3.8, 4) is 0 Å². The van der Waals surface area contributed by atoms with Crippen LogP contribution in [0.4, 0.5) is 0 Å². The van der Waals surface area contributed by atoms with Gasteiger partial charge in [-0.05, 0) is 38.1 Å². The zero-order valence-electron chi connectivity index (χ0n) is 11.6. The lowest BCUT2D eigenvalue weighted by molar-refractivity contribution is 0.287. The van der Waals surface area contributed by atoms with E-state index in [1.807, 2.05) is 0 Å². The van der Waals surface area contributed by atoms with Crippen molar-refractivity contribution in [1.82, 2.24) is 5.32 Å². The summed E-state index contributed by atoms with van der Waals surface area (Å²) in [4.78, 5) is 0. The summed E-state index contributed by atoms with van der Waals surface area (Å²) in [6.07, 6.45) is 19.2. The van der Waals surface area contributed by atoms with Crippen LogP contribution >= 0.6 is 0 Å². The Labute approximate surface area is 108 Å². The summed E-state index contributed by atoms with van der Waals surface area (Å²) >= 11 is 0. The van der Waals surface area contributed by atoms with E-state index in [0.29, 0.717) is 0 Å². The monoisotopic (exact) mass is 237 g/mol. The largest absolute Gasteiger partial charge is 0.314 e. The van der Waals surface area contributed by atoms with Crippen molar-refractivity contribution in [3.05, 3.63) is 0 Å². The van der Waals surface area contributed by atoms with Crippen molar-refractivity contribution in [2.75, 3.05) is 6.54 Å². The molecule has 1 heteroatoms. The van der Waals surface area contributed by atoms with Gasteiger partial charge in [-0.3, -0.25) is 0 Å². The van der Waals surface area contributed by atoms with Crippen LogP contribution in [0.1, 0.15) is 83.5 Å². The molecule has 1 nitrogen and oxygen atoms in total. The molecule has 0 aromatic carbocycles. The van der Waals surface area contributed by atoms with Crippen LogP contribution in [0.3, 0.4) is 0 Å². The van der Waals surface area contributed by atoms with Crippen LogP contribution < -0.4 is 5.32 Å². The van der Waals surface area contributed by atoms with Crippen LogP contribution in [0, 0.1) is 5.92 Å². The molecular formula is C16H31N. The van der Waals surface area contributed by atoms with Crippen LogP contribution in [0.5, 0.6) is 0 Å². The van der Waals surface area contributed by atoms with Gasteiger partial charge >= 0.3 is 0 Å². The average molecular weight is 237 g/mol. The van der Waals surface area contributed by atoms with Gasteiger partial charge in [0.1, 0.15) is 0 Å². The Bertz CT molecular complexity index is 172. The number of nitrogens with one attached hydrogen (secondary N) is 1. The Hall–Kier alpha value is -0.0400. The molecule has 0 radical (unpaired) electrons. The van der Waals surface area contributed by atoms with E-state index in [-0.39, 0.29) is 0 Å². The topological polar surface area (TPSA) is 12.0 Å². The van der Waals surface area contributed by atoms with Gasteiger partial charge in [-0.2, -0.15) is 0 Å². The van der Waals surface area contributed by atoms with Gasteiger partial charge in [0.2, 0.25) is 0 Å². The third kappa shape index (κ3) is 4.99. The Morgan fingerprint density at radius 3 is 1.76 bits per heavy atom. The first kappa shape index (κ1) is 13.4. The first-order valence-corrected chi connectivity index (χ1v) is 8.20. The van der Waals surface area contributed by atoms with Crippen LogP contribution in [0.25, 0.3) is 0 Å². The predicted octanol–water partition coefficient (Wildman–Crippen LogP) is 4.66. The second-order valence-electron chi connectivity index (χ2n) is 6.22. The number of hydrogen-bond donors (Lipinski definition) is 1. The van der Waals surface area contributed by atoms with Crippen molar-refractivity contribution >= 4 is 0 Å². The molecule has 1 atom stereocenters. The van der Waals surface area contributed by atoms with Crippen LogP contribution in [0.2, 0.25) is 0 Å². The van der Waals surface area contributed by atoms with Crippen molar-refractivity contribution in [3.63, 3.8) is 0 Å². The minimum Gasteiger partial charge on any atom is -0.314 e. The zero-order valence-corrected chi connectivity index (χ0v) is 11.6. The molecule has 0 bridgehead atoms. The maximum atomic E-state index is 3.84. The normalized spacial score (nSPS) is 30.7. The molecule has 0 amide bonds. The molecule has 2 aliphatic rings. The fourth-order valence-corrected chi connectivity index (χ4v) is 3.70. The molecule has 1 saturated heterocycles. The third-order valence-corrected chi connectivity index (χ3v) is 4.82. The van der Waals surface area contributed by atoms with Gasteiger partial charge in [-0.1, -0.05) is 57.8 Å². The Balaban J connectivity index is 1.81. The SMILES string of the molecule is C1CCCCC(C2CCCCCN2)CCCC1. The van der Waals surface area contributed by atoms with E-state index in [0.717, 1.165) is 12.0 Å². The van der Waals surface area contributed by atoms with Gasteiger partial charge in [-0.15, -0.1) is 0 Å². The Kier molecular flexibility index (Phi) is 6.41. The Morgan fingerprint density at radius 1 is 0.529 bits per heavy atom. The highest BCUT2D eigenvalue weighted by molar-refractivity contribution is 4.79. The fourth-order valence-electron chi connectivity index (χ4n) is 3.70. The summed E-state index contributed by atoms with van der Waals surface area (Å²) in [5.74, 6) is 0.992. The fraction of sp³-hybridized carbons (Fsp3) is 1.00. The number of rotatable bonds is 1. The quantitative estimate of drug-likeness (QED) is 0.699. The highest BCUT2D eigenvalue weighted by Crippen LogP contribution is 2.27. The third-order valence-electron chi connectivity index (χ3n) is 4.82. The minimum atomic E-state index is 0.858. The van der Waals surface area contributed by atoms with Gasteiger partial charge in [0, 0.05) is 6.04 Å². The molecule has 17 heavy (non-hydrogen) atoms. The van der Waals surface area contributed by atoms with E-state index >= 15 is 0 Å². The first-order valence-electron chi connectivity index (χ1n) is 8.20. The zero-order chi connectivity index (χ0) is 11.8. The van der Waals surface area contributed by atoms with Crippen molar-refractivity contribution < 1.29 is 0 Å². The lowest BCUT2D eigenvalue weighted by atomic mass is 9.85. The second-order valence-corrected chi connectivity index (χ2v) is 6.22. The molecule has 0 aromatic heterocycles. The van der Waals surface area contributed by atoms with Gasteiger partial charge in [-0.25, -0.2) is 0 Å². The van der Waals surface area contributed by atoms with Crippen LogP contribution in [-0.2, 0) is 0 Å². The second kappa shape index (κ2) is 8.13. The summed E-state index contributed by atoms with van der Waals surface area (Å²) in [6, 6.07) is 0.858. The minimum absolute atomic E-state index is 0.858. The molecule has 1 aliphatic carbocycles. The summed E-state index contributed by atoms with van der Waals surface area (Å²) in [6.45, 7) is 1.28. The molecule has 2 fully saturated rings. The maximum absolute atomic E-state index is 3.84. The van der Waals surface area contributed by atoms with Crippen molar-refractivity contribution in [2.24, 2.45) is 5.92 Å². The van der Waals surface area contributed by atoms with Gasteiger partial charge in [0.15, 0.2) is 0 Å². The van der Waals surface area contributed by atoms with E-state index in [2.05, 4.69) is 5.32 Å². The lowest BCUT2D eigenvalue weighted by Crippen LogP contribution is -2.35. The summed E-state index contributed by atoms with van der Waals surface area (Å²) < 4.78 is 0. The van der Waals surface area contributed by atoms with E-state index in [1.54, 1.807) is 0 Å². The van der Waals surface area contributed by atoms with Crippen LogP contribution in [0.15, 0.2) is 0 Å². The predicted molar refractivity (Wildman–Crippen MR) is 75.3 cm³/mol. The molecule has 2 rings (SSSR count). The summed E-state index contributed by atoms with van der Waals surface area (Å²) in [5.41, 5.74) is 0. The highest BCUT2D eigenvalue weighted by atomic mass is 14.9. The lowest BCUT2D eigenvalue weighted by Gasteiger charge is -2.28. The highest BCUT2D eigenvalue weighted by Gasteiger charge is 2.21. The van der Waals surface area contributed by atoms with Crippen molar-refractivity contribution in [1.29, 1.82) is 0 Å². The molecule has 1 aliphatic heterocycles. The molecule has 1 heterocycles. The van der Waals surface area contributed by atoms with E-state index < -0.39 is 0 Å². The Morgan fingerprint density at radius 2 is 1.06 bits per heavy atom. The molecule has 1 saturated carbocycles. The average Bonchev–Trinajstić information content (AvgIpc) is 2.64. The smallest absolute Gasteiger partial charge is 0.00953 e. The van der Waals surface area contributed by atoms with E-state index in [4.69, 9.17) is 0 Å². The first-order chi connectivity index (χ1) is 8.47. The maximum Gasteiger partial charge on any atom is 0.00953 e. The molecule has 100 valence electrons. The van der Waals surface area contributed by atoms with E-state index in [1.165, 1.54) is 90.0 Å². The molecule has 0 spiro atoms. The summed E-state index contributed by atoms with van der Waals surface area (Å²) in [7, 11) is 0. The standard InChI is InChI=1S/C16H31N/c1-2-4-7-11-15(12-8-5-3-1)16-13-9-6-10-14-17-16/h15-17H,1-14H2. The van der Waals surface area contributed by atoms with Gasteiger partial charge in [0.25, 0.3) is 0 Å². The molecule has 1 unspecified atom stereocenters. The summed E-state index contributed by atoms with van der Waals surface area (Å²) in [5, 5.41) is 3.84. The van der Waals surface area contributed by atoms with Gasteiger partial charge < -0.3 is 5.32 Å². The van der Waals surface area contributed by atoms with Crippen molar-refractivity contribution in [2.45, 2.75) is 89.5 Å².